The van der Waals surface area contributed by atoms with Crippen molar-refractivity contribution in [3.05, 3.63) is 16.3 Å². The standard InChI is InChI=1S/C13H20N2O3S2/c1-9-4-10(2)7-15(6-9)20(17,18)11-5-12(19-8-11)13(16)14-3/h5,8-10H,4,6-7H2,1-3H3,(H,14,16)/t9-,10-/m0/s1. The summed E-state index contributed by atoms with van der Waals surface area (Å²) in [6, 6.07) is 1.46. The van der Waals surface area contributed by atoms with Gasteiger partial charge in [-0.15, -0.1) is 11.3 Å². The number of nitrogens with one attached hydrogen (secondary N) is 1. The Morgan fingerprint density at radius 2 is 1.95 bits per heavy atom. The fourth-order valence-electron chi connectivity index (χ4n) is 2.65. The van der Waals surface area contributed by atoms with Gasteiger partial charge in [0, 0.05) is 25.5 Å². The largest absolute Gasteiger partial charge is 0.354 e. The summed E-state index contributed by atoms with van der Waals surface area (Å²) in [4.78, 5) is 12.2. The number of rotatable bonds is 3. The van der Waals surface area contributed by atoms with Gasteiger partial charge in [0.05, 0.1) is 9.77 Å². The molecule has 0 radical (unpaired) electrons. The highest BCUT2D eigenvalue weighted by Crippen LogP contribution is 2.28. The van der Waals surface area contributed by atoms with Gasteiger partial charge in [-0.05, 0) is 24.3 Å². The van der Waals surface area contributed by atoms with E-state index in [2.05, 4.69) is 19.2 Å². The van der Waals surface area contributed by atoms with Crippen LogP contribution in [-0.4, -0.2) is 38.8 Å². The minimum atomic E-state index is -3.49. The molecule has 2 heterocycles. The van der Waals surface area contributed by atoms with E-state index in [9.17, 15) is 13.2 Å². The molecule has 0 aromatic carbocycles. The van der Waals surface area contributed by atoms with Gasteiger partial charge in [0.15, 0.2) is 0 Å². The zero-order valence-electron chi connectivity index (χ0n) is 11.9. The Kier molecular flexibility index (Phi) is 4.51. The third kappa shape index (κ3) is 3.05. The molecule has 0 bridgehead atoms. The van der Waals surface area contributed by atoms with E-state index in [-0.39, 0.29) is 10.8 Å². The normalized spacial score (nSPS) is 24.6. The van der Waals surface area contributed by atoms with E-state index in [0.717, 1.165) is 17.8 Å². The van der Waals surface area contributed by atoms with Gasteiger partial charge in [-0.3, -0.25) is 4.79 Å². The number of carbonyl (C=O) groups is 1. The maximum atomic E-state index is 12.6. The molecule has 112 valence electrons. The van der Waals surface area contributed by atoms with Crippen molar-refractivity contribution < 1.29 is 13.2 Å². The maximum absolute atomic E-state index is 12.6. The van der Waals surface area contributed by atoms with Crippen LogP contribution in [0.5, 0.6) is 0 Å². The van der Waals surface area contributed by atoms with Gasteiger partial charge in [0.25, 0.3) is 5.91 Å². The molecule has 0 aliphatic carbocycles. The van der Waals surface area contributed by atoms with Crippen LogP contribution in [0.4, 0.5) is 0 Å². The van der Waals surface area contributed by atoms with Gasteiger partial charge in [0.2, 0.25) is 10.0 Å². The van der Waals surface area contributed by atoms with Crippen molar-refractivity contribution in [2.45, 2.75) is 25.2 Å². The van der Waals surface area contributed by atoms with E-state index >= 15 is 0 Å². The van der Waals surface area contributed by atoms with Crippen molar-refractivity contribution >= 4 is 27.3 Å². The van der Waals surface area contributed by atoms with Crippen LogP contribution < -0.4 is 5.32 Å². The number of sulfonamides is 1. The first-order chi connectivity index (χ1) is 9.34. The predicted molar refractivity (Wildman–Crippen MR) is 79.4 cm³/mol. The SMILES string of the molecule is CNC(=O)c1cc(S(=O)(=O)N2C[C@@H](C)C[C@H](C)C2)cs1. The molecule has 1 fully saturated rings. The Morgan fingerprint density at radius 1 is 1.35 bits per heavy atom. The average Bonchev–Trinajstić information content (AvgIpc) is 2.86. The third-order valence-electron chi connectivity index (χ3n) is 3.50. The quantitative estimate of drug-likeness (QED) is 0.924. The number of thiophene rings is 1. The van der Waals surface area contributed by atoms with Gasteiger partial charge in [-0.25, -0.2) is 8.42 Å². The molecule has 0 unspecified atom stereocenters. The fourth-order valence-corrected chi connectivity index (χ4v) is 5.53. The summed E-state index contributed by atoms with van der Waals surface area (Å²) in [7, 11) is -1.95. The van der Waals surface area contributed by atoms with Gasteiger partial charge in [-0.1, -0.05) is 13.8 Å². The summed E-state index contributed by atoms with van der Waals surface area (Å²) in [6.45, 7) is 5.25. The van der Waals surface area contributed by atoms with Crippen LogP contribution in [0.3, 0.4) is 0 Å². The van der Waals surface area contributed by atoms with Crippen molar-refractivity contribution in [3.8, 4) is 0 Å². The summed E-state index contributed by atoms with van der Waals surface area (Å²) in [5.41, 5.74) is 0. The molecule has 1 N–H and O–H groups in total. The topological polar surface area (TPSA) is 66.5 Å². The molecule has 1 aromatic heterocycles. The second kappa shape index (κ2) is 5.83. The first-order valence-corrected chi connectivity index (χ1v) is 8.97. The number of nitrogens with zero attached hydrogens (tertiary/aromatic N) is 1. The molecule has 1 aromatic rings. The van der Waals surface area contributed by atoms with E-state index in [4.69, 9.17) is 0 Å². The lowest BCUT2D eigenvalue weighted by Crippen LogP contribution is -2.42. The van der Waals surface area contributed by atoms with Crippen LogP contribution in [0.25, 0.3) is 0 Å². The second-order valence-corrected chi connectivity index (χ2v) is 8.34. The Hall–Kier alpha value is -0.920. The molecule has 1 saturated heterocycles. The molecule has 0 spiro atoms. The third-order valence-corrected chi connectivity index (χ3v) is 6.39. The van der Waals surface area contributed by atoms with Crippen LogP contribution in [0, 0.1) is 11.8 Å². The highest BCUT2D eigenvalue weighted by atomic mass is 32.2. The number of hydrogen-bond donors (Lipinski definition) is 1. The van der Waals surface area contributed by atoms with Crippen LogP contribution in [-0.2, 0) is 10.0 Å². The van der Waals surface area contributed by atoms with E-state index < -0.39 is 10.0 Å². The van der Waals surface area contributed by atoms with E-state index in [0.29, 0.717) is 29.8 Å². The fraction of sp³-hybridized carbons (Fsp3) is 0.615. The molecule has 5 nitrogen and oxygen atoms in total. The average molecular weight is 316 g/mol. The van der Waals surface area contributed by atoms with Gasteiger partial charge < -0.3 is 5.32 Å². The van der Waals surface area contributed by atoms with Crippen molar-refractivity contribution in [2.24, 2.45) is 11.8 Å². The molecule has 20 heavy (non-hydrogen) atoms. The van der Waals surface area contributed by atoms with Crippen molar-refractivity contribution in [2.75, 3.05) is 20.1 Å². The molecule has 0 saturated carbocycles. The Balaban J connectivity index is 2.26. The van der Waals surface area contributed by atoms with Crippen molar-refractivity contribution in [1.29, 1.82) is 0 Å². The number of hydrogen-bond acceptors (Lipinski definition) is 4. The zero-order chi connectivity index (χ0) is 14.9. The maximum Gasteiger partial charge on any atom is 0.261 e. The highest BCUT2D eigenvalue weighted by Gasteiger charge is 2.32. The van der Waals surface area contributed by atoms with Crippen LogP contribution in [0.2, 0.25) is 0 Å². The van der Waals surface area contributed by atoms with Gasteiger partial charge >= 0.3 is 0 Å². The molecular formula is C13H20N2O3S2. The summed E-state index contributed by atoms with van der Waals surface area (Å²) >= 11 is 1.16. The Morgan fingerprint density at radius 3 is 2.50 bits per heavy atom. The lowest BCUT2D eigenvalue weighted by atomic mass is 9.94. The van der Waals surface area contributed by atoms with Gasteiger partial charge in [-0.2, -0.15) is 4.31 Å². The lowest BCUT2D eigenvalue weighted by molar-refractivity contribution is 0.0967. The first-order valence-electron chi connectivity index (χ1n) is 6.65. The van der Waals surface area contributed by atoms with Crippen LogP contribution in [0.15, 0.2) is 16.3 Å². The monoisotopic (exact) mass is 316 g/mol. The van der Waals surface area contributed by atoms with Crippen molar-refractivity contribution in [3.63, 3.8) is 0 Å². The molecular weight excluding hydrogens is 296 g/mol. The second-order valence-electron chi connectivity index (χ2n) is 5.49. The van der Waals surface area contributed by atoms with E-state index in [1.165, 1.54) is 13.1 Å². The summed E-state index contributed by atoms with van der Waals surface area (Å²) < 4.78 is 26.8. The lowest BCUT2D eigenvalue weighted by Gasteiger charge is -2.33. The number of carbonyl (C=O) groups excluding carboxylic acids is 1. The number of amides is 1. The summed E-state index contributed by atoms with van der Waals surface area (Å²) in [6.07, 6.45) is 1.05. The first kappa shape index (κ1) is 15.5. The van der Waals surface area contributed by atoms with Crippen molar-refractivity contribution in [1.82, 2.24) is 9.62 Å². The highest BCUT2D eigenvalue weighted by molar-refractivity contribution is 7.89. The summed E-state index contributed by atoms with van der Waals surface area (Å²) in [5, 5.41) is 4.05. The Bertz CT molecular complexity index is 585. The molecule has 2 rings (SSSR count). The molecule has 7 heteroatoms. The van der Waals surface area contributed by atoms with Crippen LogP contribution in [0.1, 0.15) is 29.9 Å². The minimum absolute atomic E-state index is 0.224. The van der Waals surface area contributed by atoms with Gasteiger partial charge in [0.1, 0.15) is 0 Å². The minimum Gasteiger partial charge on any atom is -0.354 e. The molecule has 1 aliphatic rings. The summed E-state index contributed by atoms with van der Waals surface area (Å²) in [5.74, 6) is 0.480. The number of piperidine rings is 1. The predicted octanol–water partition coefficient (Wildman–Crippen LogP) is 1.77. The Labute approximate surface area is 124 Å². The molecule has 1 amide bonds. The van der Waals surface area contributed by atoms with E-state index in [1.807, 2.05) is 0 Å². The molecule has 1 aliphatic heterocycles. The molecule has 2 atom stereocenters. The van der Waals surface area contributed by atoms with E-state index in [1.54, 1.807) is 9.69 Å². The smallest absolute Gasteiger partial charge is 0.261 e. The zero-order valence-corrected chi connectivity index (χ0v) is 13.6. The van der Waals surface area contributed by atoms with Crippen LogP contribution >= 0.6 is 11.3 Å².